The molecule has 2 aromatic heterocycles. The third kappa shape index (κ3) is 5.63. The summed E-state index contributed by atoms with van der Waals surface area (Å²) in [5.74, 6) is 0.0644. The smallest absolute Gasteiger partial charge is 0.338 e. The van der Waals surface area contributed by atoms with Crippen LogP contribution in [-0.2, 0) is 9.53 Å². The van der Waals surface area contributed by atoms with Crippen LogP contribution in [0.4, 0.5) is 0 Å². The van der Waals surface area contributed by atoms with E-state index in [2.05, 4.69) is 0 Å². The first-order chi connectivity index (χ1) is 20.8. The summed E-state index contributed by atoms with van der Waals surface area (Å²) < 4.78 is 24.4. The molecule has 0 saturated carbocycles. The number of carbonyl (C=O) groups excluding carboxylic acids is 1. The molecule has 1 aliphatic rings. The summed E-state index contributed by atoms with van der Waals surface area (Å²) in [5.41, 5.74) is 1.48. The van der Waals surface area contributed by atoms with Crippen LogP contribution in [0.3, 0.4) is 0 Å². The molecule has 222 valence electrons. The highest BCUT2D eigenvalue weighted by Crippen LogP contribution is 2.38. The number of carboxylic acids is 1. The van der Waals surface area contributed by atoms with E-state index in [-0.39, 0.29) is 23.3 Å². The Morgan fingerprint density at radius 1 is 1.09 bits per heavy atom. The molecule has 0 bridgehead atoms. The van der Waals surface area contributed by atoms with Gasteiger partial charge >= 0.3 is 11.9 Å². The van der Waals surface area contributed by atoms with Crippen LogP contribution >= 0.6 is 11.3 Å². The van der Waals surface area contributed by atoms with Crippen LogP contribution in [0.2, 0.25) is 0 Å². The van der Waals surface area contributed by atoms with E-state index in [0.29, 0.717) is 62.0 Å². The number of nitrogens with zero attached hydrogens (tertiary/aromatic N) is 2. The number of rotatable bonds is 10. The second kappa shape index (κ2) is 12.5. The van der Waals surface area contributed by atoms with Gasteiger partial charge in [0.05, 0.1) is 42.2 Å². The number of carbonyl (C=O) groups is 2. The molecule has 0 spiro atoms. The summed E-state index contributed by atoms with van der Waals surface area (Å²) in [5, 5.41) is 9.59. The predicted molar refractivity (Wildman–Crippen MR) is 160 cm³/mol. The summed E-state index contributed by atoms with van der Waals surface area (Å²) in [4.78, 5) is 44.4. The van der Waals surface area contributed by atoms with Crippen molar-refractivity contribution in [2.24, 2.45) is 4.99 Å². The molecule has 0 saturated heterocycles. The van der Waals surface area contributed by atoms with Crippen molar-refractivity contribution in [1.82, 2.24) is 4.57 Å². The van der Waals surface area contributed by atoms with Gasteiger partial charge in [-0.15, -0.1) is 0 Å². The van der Waals surface area contributed by atoms with Crippen LogP contribution in [0, 0.1) is 0 Å². The Kier molecular flexibility index (Phi) is 8.63. The summed E-state index contributed by atoms with van der Waals surface area (Å²) >= 11 is 1.16. The minimum absolute atomic E-state index is 0.102. The molecule has 4 aromatic rings. The lowest BCUT2D eigenvalue weighted by molar-refractivity contribution is -0.139. The molecular formula is C32H30N2O8S. The number of benzene rings is 2. The Hall–Kier alpha value is -4.90. The Balaban J connectivity index is 1.72. The Morgan fingerprint density at radius 2 is 1.88 bits per heavy atom. The third-order valence-corrected chi connectivity index (χ3v) is 7.93. The van der Waals surface area contributed by atoms with Gasteiger partial charge in [-0.2, -0.15) is 0 Å². The first-order valence-electron chi connectivity index (χ1n) is 13.7. The monoisotopic (exact) mass is 602 g/mol. The zero-order chi connectivity index (χ0) is 30.7. The number of allylic oxidation sites excluding steroid dienone is 1. The van der Waals surface area contributed by atoms with Crippen molar-refractivity contribution in [2.45, 2.75) is 32.7 Å². The van der Waals surface area contributed by atoms with Gasteiger partial charge in [0.25, 0.3) is 5.56 Å². The summed E-state index contributed by atoms with van der Waals surface area (Å²) in [6, 6.07) is 14.2. The average molecular weight is 603 g/mol. The van der Waals surface area contributed by atoms with Crippen molar-refractivity contribution in [3.8, 4) is 22.8 Å². The fourth-order valence-electron chi connectivity index (χ4n) is 5.06. The Labute approximate surface area is 250 Å². The quantitative estimate of drug-likeness (QED) is 0.262. The van der Waals surface area contributed by atoms with Crippen LogP contribution in [0.25, 0.3) is 17.4 Å². The number of esters is 1. The highest BCUT2D eigenvalue weighted by molar-refractivity contribution is 7.07. The maximum Gasteiger partial charge on any atom is 0.338 e. The lowest BCUT2D eigenvalue weighted by Crippen LogP contribution is -2.40. The van der Waals surface area contributed by atoms with Crippen LogP contribution in [0.1, 0.15) is 54.4 Å². The number of hydrogen-bond donors (Lipinski definition) is 1. The standard InChI is InChI=1S/C32H30N2O8S/c1-5-9-23-27(31(38)41-6-2)28(22-16-18(39-3)12-14-24(22)40-4)34-29(35)26(43-32(34)33-23)17-19-13-15-25(42-19)20-10-7-8-11-21(20)30(36)37/h7-8,10-17,28H,5-6,9H2,1-4H3,(H,36,37)/b26-17-/t28-/m1/s1. The molecule has 1 atom stereocenters. The molecule has 11 heteroatoms. The number of carboxylic acid groups (broad SMARTS) is 1. The van der Waals surface area contributed by atoms with Gasteiger partial charge < -0.3 is 23.7 Å². The van der Waals surface area contributed by atoms with Gasteiger partial charge in [0, 0.05) is 17.2 Å². The predicted octanol–water partition coefficient (Wildman–Crippen LogP) is 4.55. The van der Waals surface area contributed by atoms with Crippen LogP contribution < -0.4 is 24.4 Å². The Morgan fingerprint density at radius 3 is 2.58 bits per heavy atom. The number of furan rings is 1. The first kappa shape index (κ1) is 29.6. The lowest BCUT2D eigenvalue weighted by atomic mass is 9.93. The second-order valence-electron chi connectivity index (χ2n) is 9.57. The Bertz CT molecular complexity index is 1910. The van der Waals surface area contributed by atoms with E-state index in [9.17, 15) is 19.5 Å². The molecule has 2 aromatic carbocycles. The molecule has 10 nitrogen and oxygen atoms in total. The number of ether oxygens (including phenoxy) is 3. The highest BCUT2D eigenvalue weighted by atomic mass is 32.1. The van der Waals surface area contributed by atoms with Crippen LogP contribution in [-0.4, -0.2) is 42.4 Å². The van der Waals surface area contributed by atoms with Gasteiger partial charge in [-0.3, -0.25) is 9.36 Å². The van der Waals surface area contributed by atoms with Crippen molar-refractivity contribution < 1.29 is 33.3 Å². The number of thiazole rings is 1. The number of methoxy groups -OCH3 is 2. The second-order valence-corrected chi connectivity index (χ2v) is 10.6. The molecule has 1 N–H and O–H groups in total. The number of hydrogen-bond acceptors (Lipinski definition) is 9. The number of aromatic nitrogens is 1. The van der Waals surface area contributed by atoms with Crippen molar-refractivity contribution >= 4 is 29.4 Å². The highest BCUT2D eigenvalue weighted by Gasteiger charge is 2.36. The topological polar surface area (TPSA) is 130 Å². The fourth-order valence-corrected chi connectivity index (χ4v) is 6.06. The van der Waals surface area contributed by atoms with Crippen LogP contribution in [0.5, 0.6) is 11.5 Å². The minimum atomic E-state index is -1.07. The zero-order valence-corrected chi connectivity index (χ0v) is 24.9. The lowest BCUT2D eigenvalue weighted by Gasteiger charge is -2.27. The molecule has 0 amide bonds. The van der Waals surface area contributed by atoms with E-state index in [0.717, 1.165) is 11.3 Å². The SMILES string of the molecule is CCCC1=C(C(=O)OCC)[C@@H](c2cc(OC)ccc2OC)n2c(s/c(=C\c3ccc(-c4ccccc4C(=O)O)o3)c2=O)=N1. The van der Waals surface area contributed by atoms with E-state index in [1.54, 1.807) is 61.5 Å². The normalized spacial score (nSPS) is 14.7. The largest absolute Gasteiger partial charge is 0.497 e. The minimum Gasteiger partial charge on any atom is -0.497 e. The summed E-state index contributed by atoms with van der Waals surface area (Å²) in [7, 11) is 3.06. The van der Waals surface area contributed by atoms with E-state index < -0.39 is 18.0 Å². The summed E-state index contributed by atoms with van der Waals surface area (Å²) in [6.07, 6.45) is 2.79. The van der Waals surface area contributed by atoms with Crippen molar-refractivity contribution in [3.05, 3.63) is 102 Å². The number of aromatic carboxylic acids is 1. The molecule has 1 aliphatic heterocycles. The molecule has 0 aliphatic carbocycles. The van der Waals surface area contributed by atoms with Crippen molar-refractivity contribution in [2.75, 3.05) is 20.8 Å². The van der Waals surface area contributed by atoms with Gasteiger partial charge in [-0.1, -0.05) is 42.9 Å². The molecule has 43 heavy (non-hydrogen) atoms. The summed E-state index contributed by atoms with van der Waals surface area (Å²) in [6.45, 7) is 3.86. The first-order valence-corrected chi connectivity index (χ1v) is 14.5. The molecule has 0 fully saturated rings. The maximum absolute atomic E-state index is 14.1. The van der Waals surface area contributed by atoms with Gasteiger partial charge in [0.15, 0.2) is 4.80 Å². The molecule has 3 heterocycles. The fraction of sp³-hybridized carbons (Fsp3) is 0.250. The van der Waals surface area contributed by atoms with E-state index in [1.807, 2.05) is 6.92 Å². The van der Waals surface area contributed by atoms with Gasteiger partial charge in [-0.05, 0) is 49.7 Å². The third-order valence-electron chi connectivity index (χ3n) is 6.95. The van der Waals surface area contributed by atoms with Crippen LogP contribution in [0.15, 0.2) is 80.1 Å². The number of fused-ring (bicyclic) bond motifs is 1. The zero-order valence-electron chi connectivity index (χ0n) is 24.1. The molecule has 0 unspecified atom stereocenters. The maximum atomic E-state index is 14.1. The van der Waals surface area contributed by atoms with Gasteiger partial charge in [0.1, 0.15) is 29.1 Å². The van der Waals surface area contributed by atoms with Gasteiger partial charge in [-0.25, -0.2) is 14.6 Å². The molecule has 0 radical (unpaired) electrons. The van der Waals surface area contributed by atoms with Crippen molar-refractivity contribution in [1.29, 1.82) is 0 Å². The van der Waals surface area contributed by atoms with Gasteiger partial charge in [0.2, 0.25) is 0 Å². The van der Waals surface area contributed by atoms with E-state index in [4.69, 9.17) is 23.6 Å². The average Bonchev–Trinajstić information content (AvgIpc) is 3.60. The molecule has 5 rings (SSSR count). The van der Waals surface area contributed by atoms with Crippen molar-refractivity contribution in [3.63, 3.8) is 0 Å². The van der Waals surface area contributed by atoms with E-state index in [1.165, 1.54) is 24.9 Å². The van der Waals surface area contributed by atoms with E-state index >= 15 is 0 Å². The molecular weight excluding hydrogens is 572 g/mol.